The minimum atomic E-state index is 0.485. The van der Waals surface area contributed by atoms with Gasteiger partial charge in [0.1, 0.15) is 5.75 Å². The summed E-state index contributed by atoms with van der Waals surface area (Å²) in [5.74, 6) is 0.893. The van der Waals surface area contributed by atoms with E-state index in [2.05, 4.69) is 43.8 Å². The smallest absolute Gasteiger partial charge is 0.142 e. The minimum Gasteiger partial charge on any atom is -0.495 e. The number of nitrogens with one attached hydrogen (secondary N) is 1. The molecule has 0 atom stereocenters. The Labute approximate surface area is 110 Å². The highest BCUT2D eigenvalue weighted by Crippen LogP contribution is 2.26. The van der Waals surface area contributed by atoms with Crippen LogP contribution in [0.4, 0.5) is 5.69 Å². The van der Waals surface area contributed by atoms with Gasteiger partial charge in [-0.3, -0.25) is 0 Å². The first-order valence-corrected chi connectivity index (χ1v) is 6.28. The lowest BCUT2D eigenvalue weighted by Crippen LogP contribution is -2.29. The topological polar surface area (TPSA) is 24.5 Å². The Kier molecular flexibility index (Phi) is 5.72. The third-order valence-electron chi connectivity index (χ3n) is 2.72. The molecule has 0 saturated carbocycles. The molecular weight excluding hydrogens is 224 g/mol. The van der Waals surface area contributed by atoms with E-state index in [4.69, 9.17) is 4.74 Å². The van der Waals surface area contributed by atoms with Crippen molar-refractivity contribution in [3.05, 3.63) is 36.4 Å². The number of anilines is 1. The van der Waals surface area contributed by atoms with Crippen LogP contribution in [0.5, 0.6) is 5.75 Å². The lowest BCUT2D eigenvalue weighted by Gasteiger charge is -2.23. The molecule has 0 bridgehead atoms. The van der Waals surface area contributed by atoms with Crippen LogP contribution in [0, 0.1) is 0 Å². The molecule has 0 aromatic heterocycles. The van der Waals surface area contributed by atoms with Gasteiger partial charge in [-0.25, -0.2) is 0 Å². The standard InChI is InChI=1S/C15H24N2O/c1-12(2)16-10-13(3)11-17(4)14-8-6-7-9-15(14)18-5/h6-9,12,16H,3,10-11H2,1-2,4-5H3. The van der Waals surface area contributed by atoms with Gasteiger partial charge in [0.05, 0.1) is 12.8 Å². The molecule has 3 heteroatoms. The van der Waals surface area contributed by atoms with Gasteiger partial charge >= 0.3 is 0 Å². The maximum atomic E-state index is 5.36. The molecule has 0 fully saturated rings. The number of para-hydroxylation sites is 2. The number of methoxy groups -OCH3 is 1. The zero-order valence-electron chi connectivity index (χ0n) is 11.9. The van der Waals surface area contributed by atoms with Crippen LogP contribution in [-0.2, 0) is 0 Å². The van der Waals surface area contributed by atoms with E-state index in [-0.39, 0.29) is 0 Å². The van der Waals surface area contributed by atoms with Gasteiger partial charge in [0.2, 0.25) is 0 Å². The van der Waals surface area contributed by atoms with Gasteiger partial charge in [0.15, 0.2) is 0 Å². The summed E-state index contributed by atoms with van der Waals surface area (Å²) < 4.78 is 5.36. The van der Waals surface area contributed by atoms with E-state index in [0.717, 1.165) is 30.1 Å². The number of likely N-dealkylation sites (N-methyl/N-ethyl adjacent to an activating group) is 1. The summed E-state index contributed by atoms with van der Waals surface area (Å²) in [5, 5.41) is 3.37. The first-order valence-electron chi connectivity index (χ1n) is 6.28. The van der Waals surface area contributed by atoms with Gasteiger partial charge in [-0.1, -0.05) is 32.6 Å². The van der Waals surface area contributed by atoms with Gasteiger partial charge in [-0.2, -0.15) is 0 Å². The average molecular weight is 248 g/mol. The fourth-order valence-corrected chi connectivity index (χ4v) is 1.77. The predicted molar refractivity (Wildman–Crippen MR) is 78.5 cm³/mol. The highest BCUT2D eigenvalue weighted by Gasteiger charge is 2.08. The van der Waals surface area contributed by atoms with E-state index in [1.807, 2.05) is 18.2 Å². The Morgan fingerprint density at radius 1 is 1.39 bits per heavy atom. The van der Waals surface area contributed by atoms with Crippen LogP contribution in [0.25, 0.3) is 0 Å². The highest BCUT2D eigenvalue weighted by molar-refractivity contribution is 5.58. The molecule has 0 saturated heterocycles. The molecule has 0 heterocycles. The zero-order valence-corrected chi connectivity index (χ0v) is 11.9. The SMILES string of the molecule is C=C(CNC(C)C)CN(C)c1ccccc1OC. The molecule has 0 unspecified atom stereocenters. The number of benzene rings is 1. The monoisotopic (exact) mass is 248 g/mol. The molecule has 0 aliphatic heterocycles. The maximum absolute atomic E-state index is 5.36. The third-order valence-corrected chi connectivity index (χ3v) is 2.72. The fourth-order valence-electron chi connectivity index (χ4n) is 1.77. The van der Waals surface area contributed by atoms with E-state index in [9.17, 15) is 0 Å². The molecule has 18 heavy (non-hydrogen) atoms. The summed E-state index contributed by atoms with van der Waals surface area (Å²) >= 11 is 0. The quantitative estimate of drug-likeness (QED) is 0.751. The number of nitrogens with zero attached hydrogens (tertiary/aromatic N) is 1. The Bertz CT molecular complexity index is 388. The molecule has 100 valence electrons. The molecule has 0 aliphatic carbocycles. The molecule has 3 nitrogen and oxygen atoms in total. The summed E-state index contributed by atoms with van der Waals surface area (Å²) in [5.41, 5.74) is 2.25. The second kappa shape index (κ2) is 7.07. The van der Waals surface area contributed by atoms with Crippen molar-refractivity contribution >= 4 is 5.69 Å². The van der Waals surface area contributed by atoms with E-state index < -0.39 is 0 Å². The van der Waals surface area contributed by atoms with Gasteiger partial charge < -0.3 is 15.0 Å². The van der Waals surface area contributed by atoms with Crippen LogP contribution >= 0.6 is 0 Å². The van der Waals surface area contributed by atoms with Crippen molar-refractivity contribution in [2.24, 2.45) is 0 Å². The van der Waals surface area contributed by atoms with Crippen molar-refractivity contribution in [1.82, 2.24) is 5.32 Å². The van der Waals surface area contributed by atoms with Crippen LogP contribution in [0.1, 0.15) is 13.8 Å². The minimum absolute atomic E-state index is 0.485. The lowest BCUT2D eigenvalue weighted by molar-refractivity contribution is 0.415. The van der Waals surface area contributed by atoms with Crippen LogP contribution in [0.3, 0.4) is 0 Å². The Balaban J connectivity index is 2.59. The summed E-state index contributed by atoms with van der Waals surface area (Å²) in [6, 6.07) is 8.51. The second-order valence-corrected chi connectivity index (χ2v) is 4.81. The second-order valence-electron chi connectivity index (χ2n) is 4.81. The Morgan fingerprint density at radius 3 is 2.67 bits per heavy atom. The van der Waals surface area contributed by atoms with Crippen molar-refractivity contribution in [1.29, 1.82) is 0 Å². The van der Waals surface area contributed by atoms with Crippen LogP contribution in [0.15, 0.2) is 36.4 Å². The maximum Gasteiger partial charge on any atom is 0.142 e. The molecule has 0 amide bonds. The lowest BCUT2D eigenvalue weighted by atomic mass is 10.2. The van der Waals surface area contributed by atoms with Crippen molar-refractivity contribution in [3.8, 4) is 5.75 Å². The fraction of sp³-hybridized carbons (Fsp3) is 0.467. The molecule has 1 aromatic rings. The first-order chi connectivity index (χ1) is 8.54. The van der Waals surface area contributed by atoms with E-state index >= 15 is 0 Å². The van der Waals surface area contributed by atoms with Crippen molar-refractivity contribution in [2.45, 2.75) is 19.9 Å². The van der Waals surface area contributed by atoms with Gasteiger partial charge in [-0.05, 0) is 17.7 Å². The molecule has 1 aromatic carbocycles. The number of rotatable bonds is 7. The van der Waals surface area contributed by atoms with Gasteiger partial charge in [-0.15, -0.1) is 0 Å². The van der Waals surface area contributed by atoms with Gasteiger partial charge in [0, 0.05) is 26.2 Å². The van der Waals surface area contributed by atoms with Gasteiger partial charge in [0.25, 0.3) is 0 Å². The largest absolute Gasteiger partial charge is 0.495 e. The van der Waals surface area contributed by atoms with Crippen LogP contribution in [-0.4, -0.2) is 33.3 Å². The zero-order chi connectivity index (χ0) is 13.5. The molecular formula is C15H24N2O. The molecule has 1 N–H and O–H groups in total. The van der Waals surface area contributed by atoms with E-state index in [1.165, 1.54) is 0 Å². The number of hydrogen-bond donors (Lipinski definition) is 1. The summed E-state index contributed by atoms with van der Waals surface area (Å²) in [7, 11) is 3.75. The van der Waals surface area contributed by atoms with Crippen LogP contribution < -0.4 is 15.0 Å². The van der Waals surface area contributed by atoms with Crippen LogP contribution in [0.2, 0.25) is 0 Å². The number of hydrogen-bond acceptors (Lipinski definition) is 3. The number of ether oxygens (including phenoxy) is 1. The van der Waals surface area contributed by atoms with Crippen molar-refractivity contribution < 1.29 is 4.74 Å². The molecule has 0 spiro atoms. The molecule has 0 radical (unpaired) electrons. The van der Waals surface area contributed by atoms with E-state index in [0.29, 0.717) is 6.04 Å². The highest BCUT2D eigenvalue weighted by atomic mass is 16.5. The van der Waals surface area contributed by atoms with Crippen molar-refractivity contribution in [2.75, 3.05) is 32.1 Å². The molecule has 0 aliphatic rings. The predicted octanol–water partition coefficient (Wildman–Crippen LogP) is 2.69. The van der Waals surface area contributed by atoms with E-state index in [1.54, 1.807) is 7.11 Å². The first kappa shape index (κ1) is 14.6. The normalized spacial score (nSPS) is 10.5. The summed E-state index contributed by atoms with van der Waals surface area (Å²) in [6.45, 7) is 10.0. The summed E-state index contributed by atoms with van der Waals surface area (Å²) in [6.07, 6.45) is 0. The summed E-state index contributed by atoms with van der Waals surface area (Å²) in [4.78, 5) is 2.16. The third kappa shape index (κ3) is 4.41. The molecule has 1 rings (SSSR count). The Morgan fingerprint density at radius 2 is 2.06 bits per heavy atom. The van der Waals surface area contributed by atoms with Crippen molar-refractivity contribution in [3.63, 3.8) is 0 Å². The Hall–Kier alpha value is -1.48. The average Bonchev–Trinajstić information content (AvgIpc) is 2.36.